The van der Waals surface area contributed by atoms with Crippen molar-refractivity contribution in [3.8, 4) is 0 Å². The summed E-state index contributed by atoms with van der Waals surface area (Å²) < 4.78 is 1.76. The quantitative estimate of drug-likeness (QED) is 0.648. The van der Waals surface area contributed by atoms with Crippen molar-refractivity contribution < 1.29 is 4.79 Å². The third-order valence-electron chi connectivity index (χ3n) is 4.14. The zero-order valence-electron chi connectivity index (χ0n) is 9.12. The third kappa shape index (κ3) is 1.12. The fourth-order valence-electron chi connectivity index (χ4n) is 3.23. The van der Waals surface area contributed by atoms with E-state index in [9.17, 15) is 4.79 Å². The molecule has 0 aliphatic heterocycles. The first-order valence-electron chi connectivity index (χ1n) is 5.79. The van der Waals surface area contributed by atoms with Gasteiger partial charge in [0.15, 0.2) is 5.78 Å². The van der Waals surface area contributed by atoms with Gasteiger partial charge in [-0.2, -0.15) is 5.10 Å². The summed E-state index contributed by atoms with van der Waals surface area (Å²) in [5.74, 6) is 0.362. The minimum absolute atomic E-state index is 0.0131. The van der Waals surface area contributed by atoms with Crippen molar-refractivity contribution in [3.05, 3.63) is 17.5 Å². The summed E-state index contributed by atoms with van der Waals surface area (Å²) in [5.41, 5.74) is 2.02. The average molecular weight is 204 g/mol. The van der Waals surface area contributed by atoms with Crippen LogP contribution in [0.4, 0.5) is 0 Å². The Balaban J connectivity index is 2.08. The van der Waals surface area contributed by atoms with Crippen LogP contribution in [0.2, 0.25) is 0 Å². The number of fused-ring (bicyclic) bond motifs is 1. The van der Waals surface area contributed by atoms with Gasteiger partial charge in [0, 0.05) is 18.0 Å². The highest BCUT2D eigenvalue weighted by Gasteiger charge is 2.45. The van der Waals surface area contributed by atoms with Crippen LogP contribution in [0, 0.1) is 5.41 Å². The standard InChI is InChI=1S/C12H16N2O/c1-14-10-9(8-13-14)4-7-12(11(10)15)5-2-3-6-12/h8H,2-7H2,1H3. The Morgan fingerprint density at radius 1 is 1.33 bits per heavy atom. The molecule has 0 atom stereocenters. The van der Waals surface area contributed by atoms with Gasteiger partial charge < -0.3 is 0 Å². The van der Waals surface area contributed by atoms with Gasteiger partial charge in [0.1, 0.15) is 5.69 Å². The lowest BCUT2D eigenvalue weighted by Gasteiger charge is -2.31. The predicted molar refractivity (Wildman–Crippen MR) is 56.8 cm³/mol. The van der Waals surface area contributed by atoms with Crippen LogP contribution < -0.4 is 0 Å². The average Bonchev–Trinajstić information content (AvgIpc) is 2.81. The molecule has 3 nitrogen and oxygen atoms in total. The summed E-state index contributed by atoms with van der Waals surface area (Å²) >= 11 is 0. The second-order valence-corrected chi connectivity index (χ2v) is 4.96. The number of hydrogen-bond donors (Lipinski definition) is 0. The van der Waals surface area contributed by atoms with Crippen LogP contribution in [0.5, 0.6) is 0 Å². The highest BCUT2D eigenvalue weighted by atomic mass is 16.1. The number of Topliss-reactive ketones (excluding diaryl/α,β-unsaturated/α-hetero) is 1. The minimum atomic E-state index is -0.0131. The van der Waals surface area contributed by atoms with Crippen LogP contribution >= 0.6 is 0 Å². The first-order chi connectivity index (χ1) is 7.23. The number of hydrogen-bond acceptors (Lipinski definition) is 2. The van der Waals surface area contributed by atoms with Crippen LogP contribution in [-0.4, -0.2) is 15.6 Å². The van der Waals surface area contributed by atoms with Gasteiger partial charge in [-0.15, -0.1) is 0 Å². The fraction of sp³-hybridized carbons (Fsp3) is 0.667. The van der Waals surface area contributed by atoms with E-state index in [1.165, 1.54) is 12.8 Å². The van der Waals surface area contributed by atoms with Crippen molar-refractivity contribution >= 4 is 5.78 Å². The second-order valence-electron chi connectivity index (χ2n) is 4.96. The highest BCUT2D eigenvalue weighted by molar-refractivity contribution is 6.01. The van der Waals surface area contributed by atoms with Crippen molar-refractivity contribution in [2.45, 2.75) is 38.5 Å². The number of rotatable bonds is 0. The molecule has 0 bridgehead atoms. The number of aromatic nitrogens is 2. The number of ketones is 1. The molecule has 1 saturated carbocycles. The maximum absolute atomic E-state index is 12.5. The lowest BCUT2D eigenvalue weighted by molar-refractivity contribution is 0.0754. The van der Waals surface area contributed by atoms with Gasteiger partial charge in [-0.3, -0.25) is 9.48 Å². The van der Waals surface area contributed by atoms with Gasteiger partial charge in [0.05, 0.1) is 6.20 Å². The van der Waals surface area contributed by atoms with E-state index in [1.54, 1.807) is 4.68 Å². The Morgan fingerprint density at radius 2 is 2.07 bits per heavy atom. The Kier molecular flexibility index (Phi) is 1.79. The van der Waals surface area contributed by atoms with Gasteiger partial charge >= 0.3 is 0 Å². The van der Waals surface area contributed by atoms with Crippen molar-refractivity contribution in [1.29, 1.82) is 0 Å². The molecule has 1 aromatic rings. The Hall–Kier alpha value is -1.12. The molecular weight excluding hydrogens is 188 g/mol. The molecule has 0 aromatic carbocycles. The molecule has 1 heterocycles. The molecule has 0 saturated heterocycles. The van der Waals surface area contributed by atoms with Crippen LogP contribution in [0.15, 0.2) is 6.20 Å². The van der Waals surface area contributed by atoms with Crippen LogP contribution in [0.3, 0.4) is 0 Å². The molecule has 3 rings (SSSR count). The maximum atomic E-state index is 12.5. The molecule has 15 heavy (non-hydrogen) atoms. The molecule has 1 aromatic heterocycles. The van der Waals surface area contributed by atoms with Crippen molar-refractivity contribution in [1.82, 2.24) is 9.78 Å². The van der Waals surface area contributed by atoms with Gasteiger partial charge in [-0.05, 0) is 25.7 Å². The molecule has 3 heteroatoms. The van der Waals surface area contributed by atoms with Crippen LogP contribution in [0.25, 0.3) is 0 Å². The van der Waals surface area contributed by atoms with E-state index in [0.717, 1.165) is 36.9 Å². The number of carbonyl (C=O) groups excluding carboxylic acids is 1. The monoisotopic (exact) mass is 204 g/mol. The second kappa shape index (κ2) is 2.94. The zero-order chi connectivity index (χ0) is 10.5. The molecule has 2 aliphatic rings. The summed E-state index contributed by atoms with van der Waals surface area (Å²) in [6.45, 7) is 0. The molecular formula is C12H16N2O. The molecule has 0 N–H and O–H groups in total. The number of carbonyl (C=O) groups is 1. The molecule has 0 unspecified atom stereocenters. The van der Waals surface area contributed by atoms with Crippen molar-refractivity contribution in [2.24, 2.45) is 12.5 Å². The molecule has 0 amide bonds. The normalized spacial score (nSPS) is 23.4. The first kappa shape index (κ1) is 9.13. The smallest absolute Gasteiger partial charge is 0.187 e. The lowest BCUT2D eigenvalue weighted by Crippen LogP contribution is -2.34. The highest BCUT2D eigenvalue weighted by Crippen LogP contribution is 2.47. The summed E-state index contributed by atoms with van der Waals surface area (Å²) in [7, 11) is 1.88. The largest absolute Gasteiger partial charge is 0.292 e. The SMILES string of the molecule is Cn1ncc2c1C(=O)C1(CCCC1)CC2. The zero-order valence-corrected chi connectivity index (χ0v) is 9.12. The van der Waals surface area contributed by atoms with E-state index < -0.39 is 0 Å². The van der Waals surface area contributed by atoms with Crippen molar-refractivity contribution in [3.63, 3.8) is 0 Å². The molecule has 1 spiro atoms. The third-order valence-corrected chi connectivity index (χ3v) is 4.14. The number of aryl methyl sites for hydroxylation is 2. The van der Waals surface area contributed by atoms with Crippen LogP contribution in [-0.2, 0) is 13.5 Å². The summed E-state index contributed by atoms with van der Waals surface area (Å²) in [6.07, 6.45) is 8.57. The Morgan fingerprint density at radius 3 is 2.80 bits per heavy atom. The topological polar surface area (TPSA) is 34.9 Å². The molecule has 1 fully saturated rings. The van der Waals surface area contributed by atoms with Crippen molar-refractivity contribution in [2.75, 3.05) is 0 Å². The molecule has 2 aliphatic carbocycles. The van der Waals surface area contributed by atoms with E-state index in [-0.39, 0.29) is 5.41 Å². The molecule has 80 valence electrons. The van der Waals surface area contributed by atoms with E-state index in [1.807, 2.05) is 13.2 Å². The van der Waals surface area contributed by atoms with E-state index in [2.05, 4.69) is 5.10 Å². The fourth-order valence-corrected chi connectivity index (χ4v) is 3.23. The van der Waals surface area contributed by atoms with Crippen LogP contribution in [0.1, 0.15) is 48.2 Å². The minimum Gasteiger partial charge on any atom is -0.292 e. The summed E-state index contributed by atoms with van der Waals surface area (Å²) in [5, 5.41) is 4.20. The lowest BCUT2D eigenvalue weighted by atomic mass is 9.71. The van der Waals surface area contributed by atoms with E-state index >= 15 is 0 Å². The molecule has 0 radical (unpaired) electrons. The summed E-state index contributed by atoms with van der Waals surface area (Å²) in [6, 6.07) is 0. The van der Waals surface area contributed by atoms with Gasteiger partial charge in [0.2, 0.25) is 0 Å². The Labute approximate surface area is 89.5 Å². The summed E-state index contributed by atoms with van der Waals surface area (Å²) in [4.78, 5) is 12.5. The van der Waals surface area contributed by atoms with E-state index in [0.29, 0.717) is 5.78 Å². The first-order valence-corrected chi connectivity index (χ1v) is 5.79. The van der Waals surface area contributed by atoms with Gasteiger partial charge in [0.25, 0.3) is 0 Å². The Bertz CT molecular complexity index is 413. The predicted octanol–water partition coefficient (Wildman–Crippen LogP) is 2.11. The number of nitrogens with zero attached hydrogens (tertiary/aromatic N) is 2. The van der Waals surface area contributed by atoms with E-state index in [4.69, 9.17) is 0 Å². The maximum Gasteiger partial charge on any atom is 0.187 e. The van der Waals surface area contributed by atoms with Gasteiger partial charge in [-0.25, -0.2) is 0 Å². The van der Waals surface area contributed by atoms with Gasteiger partial charge in [-0.1, -0.05) is 12.8 Å².